The van der Waals surface area contributed by atoms with Crippen LogP contribution in [0, 0.1) is 11.7 Å². The van der Waals surface area contributed by atoms with Gasteiger partial charge in [-0.05, 0) is 35.6 Å². The third-order valence-electron chi connectivity index (χ3n) is 3.28. The molecule has 5 heteroatoms. The van der Waals surface area contributed by atoms with Gasteiger partial charge in [0.2, 0.25) is 0 Å². The van der Waals surface area contributed by atoms with Gasteiger partial charge in [0, 0.05) is 12.7 Å². The van der Waals surface area contributed by atoms with E-state index in [0.29, 0.717) is 12.5 Å². The Morgan fingerprint density at radius 2 is 2.10 bits per heavy atom. The standard InChI is InChI=1S/C15H17FN4/c1-11(2)8-20-15(17-10-18-20)9-19-6-5-12-3-4-13(16)7-14(12)19/h3-7,10-11H,8-9H2,1-2H3. The van der Waals surface area contributed by atoms with E-state index in [2.05, 4.69) is 23.9 Å². The molecule has 0 saturated heterocycles. The van der Waals surface area contributed by atoms with Crippen molar-refractivity contribution in [3.8, 4) is 0 Å². The van der Waals surface area contributed by atoms with E-state index < -0.39 is 0 Å². The van der Waals surface area contributed by atoms with Crippen molar-refractivity contribution in [2.24, 2.45) is 5.92 Å². The molecule has 0 radical (unpaired) electrons. The number of halogens is 1. The van der Waals surface area contributed by atoms with Crippen LogP contribution >= 0.6 is 0 Å². The molecule has 0 atom stereocenters. The van der Waals surface area contributed by atoms with Crippen LogP contribution in [0.3, 0.4) is 0 Å². The van der Waals surface area contributed by atoms with E-state index >= 15 is 0 Å². The number of fused-ring (bicyclic) bond motifs is 1. The van der Waals surface area contributed by atoms with Crippen LogP contribution in [0.25, 0.3) is 10.9 Å². The smallest absolute Gasteiger partial charge is 0.146 e. The highest BCUT2D eigenvalue weighted by atomic mass is 19.1. The van der Waals surface area contributed by atoms with E-state index in [9.17, 15) is 4.39 Å². The highest BCUT2D eigenvalue weighted by Gasteiger charge is 2.09. The Morgan fingerprint density at radius 1 is 1.25 bits per heavy atom. The van der Waals surface area contributed by atoms with Crippen LogP contribution in [0.15, 0.2) is 36.8 Å². The normalized spacial score (nSPS) is 11.6. The Kier molecular flexibility index (Phi) is 3.26. The van der Waals surface area contributed by atoms with Crippen molar-refractivity contribution in [3.63, 3.8) is 0 Å². The molecule has 3 aromatic rings. The van der Waals surface area contributed by atoms with E-state index in [1.54, 1.807) is 18.5 Å². The monoisotopic (exact) mass is 272 g/mol. The van der Waals surface area contributed by atoms with Gasteiger partial charge >= 0.3 is 0 Å². The average molecular weight is 272 g/mol. The van der Waals surface area contributed by atoms with Gasteiger partial charge in [-0.3, -0.25) is 0 Å². The van der Waals surface area contributed by atoms with Crippen LogP contribution in [0.4, 0.5) is 4.39 Å². The fraction of sp³-hybridized carbons (Fsp3) is 0.333. The van der Waals surface area contributed by atoms with E-state index in [-0.39, 0.29) is 5.82 Å². The SMILES string of the molecule is CC(C)Cn1ncnc1Cn1ccc2ccc(F)cc21. The first-order chi connectivity index (χ1) is 9.63. The zero-order valence-electron chi connectivity index (χ0n) is 11.6. The first kappa shape index (κ1) is 12.8. The van der Waals surface area contributed by atoms with Gasteiger partial charge < -0.3 is 4.57 Å². The lowest BCUT2D eigenvalue weighted by molar-refractivity contribution is 0.462. The minimum absolute atomic E-state index is 0.221. The number of hydrogen-bond donors (Lipinski definition) is 0. The van der Waals surface area contributed by atoms with Gasteiger partial charge in [-0.2, -0.15) is 5.10 Å². The van der Waals surface area contributed by atoms with E-state index in [4.69, 9.17) is 0 Å². The van der Waals surface area contributed by atoms with Crippen molar-refractivity contribution in [1.82, 2.24) is 19.3 Å². The minimum atomic E-state index is -0.221. The third kappa shape index (κ3) is 2.43. The predicted molar refractivity (Wildman–Crippen MR) is 75.9 cm³/mol. The molecule has 3 rings (SSSR count). The van der Waals surface area contributed by atoms with E-state index in [1.807, 2.05) is 21.5 Å². The topological polar surface area (TPSA) is 35.6 Å². The van der Waals surface area contributed by atoms with Crippen molar-refractivity contribution in [2.75, 3.05) is 0 Å². The maximum absolute atomic E-state index is 13.4. The molecule has 0 unspecified atom stereocenters. The summed E-state index contributed by atoms with van der Waals surface area (Å²) in [5, 5.41) is 5.28. The van der Waals surface area contributed by atoms with Gasteiger partial charge in [0.25, 0.3) is 0 Å². The zero-order valence-corrected chi connectivity index (χ0v) is 11.6. The first-order valence-corrected chi connectivity index (χ1v) is 6.74. The molecule has 104 valence electrons. The number of rotatable bonds is 4. The Balaban J connectivity index is 1.93. The van der Waals surface area contributed by atoms with E-state index in [0.717, 1.165) is 23.3 Å². The van der Waals surface area contributed by atoms with Crippen molar-refractivity contribution in [2.45, 2.75) is 26.9 Å². The molecule has 4 nitrogen and oxygen atoms in total. The molecule has 0 N–H and O–H groups in total. The molecule has 0 bridgehead atoms. The Bertz CT molecular complexity index is 726. The summed E-state index contributed by atoms with van der Waals surface area (Å²) in [6.07, 6.45) is 3.53. The summed E-state index contributed by atoms with van der Waals surface area (Å²) in [6, 6.07) is 6.81. The Labute approximate surface area is 116 Å². The van der Waals surface area contributed by atoms with Gasteiger partial charge in [-0.25, -0.2) is 14.1 Å². The summed E-state index contributed by atoms with van der Waals surface area (Å²) < 4.78 is 17.3. The molecule has 0 aliphatic heterocycles. The van der Waals surface area contributed by atoms with Crippen LogP contribution in [-0.2, 0) is 13.1 Å². The highest BCUT2D eigenvalue weighted by molar-refractivity contribution is 5.80. The molecular formula is C15H17FN4. The molecular weight excluding hydrogens is 255 g/mol. The highest BCUT2D eigenvalue weighted by Crippen LogP contribution is 2.18. The van der Waals surface area contributed by atoms with Crippen LogP contribution in [-0.4, -0.2) is 19.3 Å². The second-order valence-electron chi connectivity index (χ2n) is 5.40. The number of aromatic nitrogens is 4. The summed E-state index contributed by atoms with van der Waals surface area (Å²) in [6.45, 7) is 5.72. The minimum Gasteiger partial charge on any atom is -0.340 e. The summed E-state index contributed by atoms with van der Waals surface area (Å²) >= 11 is 0. The number of benzene rings is 1. The maximum Gasteiger partial charge on any atom is 0.146 e. The maximum atomic E-state index is 13.4. The molecule has 0 aliphatic carbocycles. The molecule has 2 heterocycles. The lowest BCUT2D eigenvalue weighted by Crippen LogP contribution is -2.12. The summed E-state index contributed by atoms with van der Waals surface area (Å²) in [5.74, 6) is 1.18. The second kappa shape index (κ2) is 5.07. The van der Waals surface area contributed by atoms with Crippen LogP contribution in [0.5, 0.6) is 0 Å². The fourth-order valence-corrected chi connectivity index (χ4v) is 2.36. The summed E-state index contributed by atoms with van der Waals surface area (Å²) in [7, 11) is 0. The van der Waals surface area contributed by atoms with Crippen molar-refractivity contribution in [1.29, 1.82) is 0 Å². The van der Waals surface area contributed by atoms with Gasteiger partial charge in [-0.15, -0.1) is 0 Å². The van der Waals surface area contributed by atoms with Gasteiger partial charge in [0.15, 0.2) is 0 Å². The predicted octanol–water partition coefficient (Wildman–Crippen LogP) is 3.08. The second-order valence-corrected chi connectivity index (χ2v) is 5.40. The average Bonchev–Trinajstić information content (AvgIpc) is 2.98. The molecule has 1 aromatic carbocycles. The molecule has 0 spiro atoms. The largest absolute Gasteiger partial charge is 0.340 e. The first-order valence-electron chi connectivity index (χ1n) is 6.74. The van der Waals surface area contributed by atoms with Crippen LogP contribution < -0.4 is 0 Å². The lowest BCUT2D eigenvalue weighted by Gasteiger charge is -2.10. The van der Waals surface area contributed by atoms with Gasteiger partial charge in [0.05, 0.1) is 12.1 Å². The zero-order chi connectivity index (χ0) is 14.1. The van der Waals surface area contributed by atoms with Gasteiger partial charge in [-0.1, -0.05) is 13.8 Å². The molecule has 20 heavy (non-hydrogen) atoms. The molecule has 0 saturated carbocycles. The molecule has 0 fully saturated rings. The van der Waals surface area contributed by atoms with E-state index in [1.165, 1.54) is 6.07 Å². The van der Waals surface area contributed by atoms with Crippen molar-refractivity contribution < 1.29 is 4.39 Å². The summed E-state index contributed by atoms with van der Waals surface area (Å²) in [5.41, 5.74) is 0.879. The molecule has 2 aromatic heterocycles. The van der Waals surface area contributed by atoms with Crippen LogP contribution in [0.1, 0.15) is 19.7 Å². The van der Waals surface area contributed by atoms with Crippen molar-refractivity contribution in [3.05, 3.63) is 48.4 Å². The van der Waals surface area contributed by atoms with Crippen molar-refractivity contribution >= 4 is 10.9 Å². The Morgan fingerprint density at radius 3 is 2.90 bits per heavy atom. The molecule has 0 aliphatic rings. The lowest BCUT2D eigenvalue weighted by atomic mass is 10.2. The Hall–Kier alpha value is -2.17. The molecule has 0 amide bonds. The quantitative estimate of drug-likeness (QED) is 0.731. The summed E-state index contributed by atoms with van der Waals surface area (Å²) in [4.78, 5) is 4.31. The number of nitrogens with zero attached hydrogens (tertiary/aromatic N) is 4. The fourth-order valence-electron chi connectivity index (χ4n) is 2.36. The third-order valence-corrected chi connectivity index (χ3v) is 3.28. The number of hydrogen-bond acceptors (Lipinski definition) is 2. The van der Waals surface area contributed by atoms with Gasteiger partial charge in [0.1, 0.15) is 18.0 Å². The van der Waals surface area contributed by atoms with Crippen LogP contribution in [0.2, 0.25) is 0 Å².